The Balaban J connectivity index is 3.00. The Morgan fingerprint density at radius 1 is 1.59 bits per heavy atom. The number of alkyl halides is 1. The summed E-state index contributed by atoms with van der Waals surface area (Å²) in [6, 6.07) is 0. The van der Waals surface area contributed by atoms with Crippen LogP contribution in [0, 0.1) is 0 Å². The summed E-state index contributed by atoms with van der Waals surface area (Å²) in [6.07, 6.45) is 1.42. The highest BCUT2D eigenvalue weighted by molar-refractivity contribution is 7.89. The monoisotopic (exact) mass is 281 g/mol. The van der Waals surface area contributed by atoms with Crippen molar-refractivity contribution in [3.8, 4) is 0 Å². The number of nitrogens with one attached hydrogen (secondary N) is 1. The second kappa shape index (κ2) is 6.34. The average Bonchev–Trinajstić information content (AvgIpc) is 2.78. The Bertz CT molecular complexity index is 446. The highest BCUT2D eigenvalue weighted by atomic mass is 35.5. The molecular weight excluding hydrogens is 266 g/mol. The minimum atomic E-state index is -3.57. The Morgan fingerprint density at radius 2 is 2.29 bits per heavy atom. The van der Waals surface area contributed by atoms with Crippen molar-refractivity contribution in [3.63, 3.8) is 0 Å². The van der Waals surface area contributed by atoms with Gasteiger partial charge in [0.2, 0.25) is 0 Å². The molecule has 8 heteroatoms. The van der Waals surface area contributed by atoms with Gasteiger partial charge in [0.1, 0.15) is 0 Å². The molecule has 0 aliphatic carbocycles. The Hall–Kier alpha value is -0.630. The molecule has 0 aliphatic rings. The second-order valence-electron chi connectivity index (χ2n) is 3.35. The third-order valence-corrected chi connectivity index (χ3v) is 4.60. The summed E-state index contributed by atoms with van der Waals surface area (Å²) >= 11 is 5.66. The topological polar surface area (TPSA) is 75.3 Å². The van der Waals surface area contributed by atoms with E-state index in [0.717, 1.165) is 0 Å². The van der Waals surface area contributed by atoms with Gasteiger partial charge in [0.05, 0.1) is 18.7 Å². The summed E-state index contributed by atoms with van der Waals surface area (Å²) in [6.45, 7) is 2.78. The summed E-state index contributed by atoms with van der Waals surface area (Å²) in [7, 11) is -2.04. The molecule has 0 saturated heterocycles. The molecule has 0 spiro atoms. The van der Waals surface area contributed by atoms with E-state index in [-0.39, 0.29) is 10.9 Å². The standard InChI is InChI=1S/C9H16ClN3O3S/c1-3-13(4-5-16-2)17(14,15)9-8(6-10)7-11-12-9/h7H,3-6H2,1-2H3,(H,11,12). The van der Waals surface area contributed by atoms with Gasteiger partial charge in [-0.3, -0.25) is 5.10 Å². The predicted molar refractivity (Wildman–Crippen MR) is 64.5 cm³/mol. The Labute approximate surface area is 106 Å². The molecule has 0 radical (unpaired) electrons. The number of likely N-dealkylation sites (N-methyl/N-ethyl adjacent to an activating group) is 1. The van der Waals surface area contributed by atoms with Crippen LogP contribution in [-0.4, -0.2) is 49.7 Å². The van der Waals surface area contributed by atoms with Gasteiger partial charge >= 0.3 is 0 Å². The summed E-state index contributed by atoms with van der Waals surface area (Å²) < 4.78 is 30.7. The van der Waals surface area contributed by atoms with Gasteiger partial charge in [-0.1, -0.05) is 6.92 Å². The van der Waals surface area contributed by atoms with Crippen LogP contribution in [0.5, 0.6) is 0 Å². The Kier molecular flexibility index (Phi) is 5.38. The van der Waals surface area contributed by atoms with Crippen molar-refractivity contribution < 1.29 is 13.2 Å². The molecule has 98 valence electrons. The molecule has 0 amide bonds. The highest BCUT2D eigenvalue weighted by Gasteiger charge is 2.26. The van der Waals surface area contributed by atoms with Gasteiger partial charge in [-0.2, -0.15) is 9.40 Å². The van der Waals surface area contributed by atoms with Crippen LogP contribution in [-0.2, 0) is 20.6 Å². The minimum absolute atomic E-state index is 0.0606. The average molecular weight is 282 g/mol. The SMILES string of the molecule is CCN(CCOC)S(=O)(=O)c1[nH]ncc1CCl. The summed E-state index contributed by atoms with van der Waals surface area (Å²) in [4.78, 5) is 0. The fourth-order valence-electron chi connectivity index (χ4n) is 1.39. The van der Waals surface area contributed by atoms with E-state index < -0.39 is 10.0 Å². The largest absolute Gasteiger partial charge is 0.383 e. The molecule has 0 saturated carbocycles. The van der Waals surface area contributed by atoms with Crippen LogP contribution in [0.1, 0.15) is 12.5 Å². The first-order valence-electron chi connectivity index (χ1n) is 5.15. The molecule has 1 aromatic rings. The van der Waals surface area contributed by atoms with Crippen LogP contribution in [0.2, 0.25) is 0 Å². The molecule has 0 fully saturated rings. The number of halogens is 1. The van der Waals surface area contributed by atoms with Gasteiger partial charge in [0.15, 0.2) is 5.03 Å². The van der Waals surface area contributed by atoms with Gasteiger partial charge in [-0.05, 0) is 0 Å². The molecule has 0 unspecified atom stereocenters. The molecule has 1 aromatic heterocycles. The predicted octanol–water partition coefficient (Wildman–Crippen LogP) is 0.806. The van der Waals surface area contributed by atoms with Crippen LogP contribution in [0.4, 0.5) is 0 Å². The fraction of sp³-hybridized carbons (Fsp3) is 0.667. The zero-order valence-corrected chi connectivity index (χ0v) is 11.4. The van der Waals surface area contributed by atoms with Gasteiger partial charge in [-0.25, -0.2) is 8.42 Å². The van der Waals surface area contributed by atoms with Crippen LogP contribution in [0.15, 0.2) is 11.2 Å². The number of aromatic amines is 1. The molecule has 1 N–H and O–H groups in total. The van der Waals surface area contributed by atoms with Crippen molar-refractivity contribution in [3.05, 3.63) is 11.8 Å². The van der Waals surface area contributed by atoms with E-state index >= 15 is 0 Å². The smallest absolute Gasteiger partial charge is 0.260 e. The number of sulfonamides is 1. The van der Waals surface area contributed by atoms with Gasteiger partial charge < -0.3 is 4.74 Å². The number of methoxy groups -OCH3 is 1. The van der Waals surface area contributed by atoms with Crippen molar-refractivity contribution in [2.45, 2.75) is 17.8 Å². The summed E-state index contributed by atoms with van der Waals surface area (Å²) in [5.74, 6) is 0.104. The van der Waals surface area contributed by atoms with Crippen LogP contribution < -0.4 is 0 Å². The second-order valence-corrected chi connectivity index (χ2v) is 5.49. The van der Waals surface area contributed by atoms with E-state index in [4.69, 9.17) is 16.3 Å². The number of ether oxygens (including phenoxy) is 1. The van der Waals surface area contributed by atoms with Crippen molar-refractivity contribution in [1.29, 1.82) is 0 Å². The molecule has 1 heterocycles. The molecule has 0 bridgehead atoms. The lowest BCUT2D eigenvalue weighted by Gasteiger charge is -2.19. The summed E-state index contributed by atoms with van der Waals surface area (Å²) in [5.41, 5.74) is 0.475. The molecular formula is C9H16ClN3O3S. The van der Waals surface area contributed by atoms with E-state index in [1.807, 2.05) is 0 Å². The van der Waals surface area contributed by atoms with Crippen molar-refractivity contribution in [1.82, 2.24) is 14.5 Å². The van der Waals surface area contributed by atoms with E-state index in [0.29, 0.717) is 25.3 Å². The van der Waals surface area contributed by atoms with Crippen LogP contribution in [0.3, 0.4) is 0 Å². The van der Waals surface area contributed by atoms with Gasteiger partial charge in [0, 0.05) is 25.8 Å². The normalized spacial score (nSPS) is 12.2. The van der Waals surface area contributed by atoms with Crippen molar-refractivity contribution in [2.24, 2.45) is 0 Å². The third kappa shape index (κ3) is 3.19. The third-order valence-electron chi connectivity index (χ3n) is 2.32. The molecule has 0 aromatic carbocycles. The Morgan fingerprint density at radius 3 is 2.82 bits per heavy atom. The number of nitrogens with zero attached hydrogens (tertiary/aromatic N) is 2. The van der Waals surface area contributed by atoms with Crippen LogP contribution >= 0.6 is 11.6 Å². The number of aromatic nitrogens is 2. The first-order valence-corrected chi connectivity index (χ1v) is 7.12. The molecule has 1 rings (SSSR count). The van der Waals surface area contributed by atoms with E-state index in [2.05, 4.69) is 10.2 Å². The highest BCUT2D eigenvalue weighted by Crippen LogP contribution is 2.18. The van der Waals surface area contributed by atoms with E-state index in [9.17, 15) is 8.42 Å². The van der Waals surface area contributed by atoms with Crippen molar-refractivity contribution in [2.75, 3.05) is 26.8 Å². The first kappa shape index (κ1) is 14.4. The van der Waals surface area contributed by atoms with E-state index in [1.165, 1.54) is 17.6 Å². The molecule has 6 nitrogen and oxygen atoms in total. The fourth-order valence-corrected chi connectivity index (χ4v) is 3.21. The number of hydrogen-bond acceptors (Lipinski definition) is 4. The lowest BCUT2D eigenvalue weighted by atomic mass is 10.4. The lowest BCUT2D eigenvalue weighted by Crippen LogP contribution is -2.34. The van der Waals surface area contributed by atoms with Gasteiger partial charge in [-0.15, -0.1) is 11.6 Å². The summed E-state index contributed by atoms with van der Waals surface area (Å²) in [5, 5.41) is 6.25. The zero-order chi connectivity index (χ0) is 12.9. The van der Waals surface area contributed by atoms with Crippen molar-refractivity contribution >= 4 is 21.6 Å². The maximum atomic E-state index is 12.3. The molecule has 0 atom stereocenters. The zero-order valence-electron chi connectivity index (χ0n) is 9.81. The lowest BCUT2D eigenvalue weighted by molar-refractivity contribution is 0.180. The number of hydrogen-bond donors (Lipinski definition) is 1. The quantitative estimate of drug-likeness (QED) is 0.751. The first-order chi connectivity index (χ1) is 8.07. The molecule has 17 heavy (non-hydrogen) atoms. The molecule has 0 aliphatic heterocycles. The van der Waals surface area contributed by atoms with E-state index in [1.54, 1.807) is 6.92 Å². The maximum absolute atomic E-state index is 12.3. The van der Waals surface area contributed by atoms with Crippen LogP contribution in [0.25, 0.3) is 0 Å². The maximum Gasteiger partial charge on any atom is 0.260 e. The minimum Gasteiger partial charge on any atom is -0.383 e. The number of rotatable bonds is 7. The number of H-pyrrole nitrogens is 1. The van der Waals surface area contributed by atoms with Gasteiger partial charge in [0.25, 0.3) is 10.0 Å².